The summed E-state index contributed by atoms with van der Waals surface area (Å²) in [6.07, 6.45) is 8.00. The minimum Gasteiger partial charge on any atom is -0.481 e. The third kappa shape index (κ3) is 4.08. The zero-order valence-corrected chi connectivity index (χ0v) is 17.2. The first-order valence-corrected chi connectivity index (χ1v) is 9.54. The molecular formula is C23H18FN5O3. The Morgan fingerprint density at radius 2 is 1.88 bits per heavy atom. The van der Waals surface area contributed by atoms with Gasteiger partial charge in [-0.2, -0.15) is 0 Å². The van der Waals surface area contributed by atoms with E-state index in [0.29, 0.717) is 28.0 Å². The fraction of sp³-hybridized carbons (Fsp3) is 0.0870. The summed E-state index contributed by atoms with van der Waals surface area (Å²) in [5, 5.41) is 8.94. The minimum absolute atomic E-state index is 0.417. The van der Waals surface area contributed by atoms with Crippen LogP contribution in [-0.4, -0.2) is 43.1 Å². The molecule has 0 radical (unpaired) electrons. The molecule has 0 aliphatic heterocycles. The SMILES string of the molecule is CC(=O)O.COc1ccc(-c2c(F)cnc3[nH]c4cnc(-c5cccnc5)cc4c23)cn1. The van der Waals surface area contributed by atoms with Gasteiger partial charge >= 0.3 is 0 Å². The zero-order valence-electron chi connectivity index (χ0n) is 17.2. The number of aliphatic carboxylic acids is 1. The van der Waals surface area contributed by atoms with E-state index in [1.165, 1.54) is 6.20 Å². The number of carboxylic acid groups (broad SMARTS) is 1. The molecule has 9 heteroatoms. The van der Waals surface area contributed by atoms with E-state index < -0.39 is 11.8 Å². The summed E-state index contributed by atoms with van der Waals surface area (Å²) >= 11 is 0. The van der Waals surface area contributed by atoms with Crippen LogP contribution in [0.3, 0.4) is 0 Å². The van der Waals surface area contributed by atoms with Crippen LogP contribution in [0.1, 0.15) is 6.92 Å². The molecule has 0 unspecified atom stereocenters. The van der Waals surface area contributed by atoms with Gasteiger partial charge in [0, 0.05) is 59.0 Å². The van der Waals surface area contributed by atoms with Crippen molar-refractivity contribution in [1.29, 1.82) is 0 Å². The molecule has 2 N–H and O–H groups in total. The van der Waals surface area contributed by atoms with Crippen molar-refractivity contribution < 1.29 is 19.0 Å². The molecule has 5 aromatic heterocycles. The predicted octanol–water partition coefficient (Wildman–Crippen LogP) is 4.47. The molecule has 0 amide bonds. The van der Waals surface area contributed by atoms with E-state index in [9.17, 15) is 4.39 Å². The number of ether oxygens (including phenoxy) is 1. The molecule has 0 spiro atoms. The number of aromatic nitrogens is 5. The number of nitrogens with zero attached hydrogens (tertiary/aromatic N) is 4. The molecule has 0 saturated heterocycles. The Balaban J connectivity index is 0.000000567. The molecule has 5 rings (SSSR count). The summed E-state index contributed by atoms with van der Waals surface area (Å²) in [7, 11) is 1.54. The van der Waals surface area contributed by atoms with Gasteiger partial charge in [0.25, 0.3) is 5.97 Å². The van der Waals surface area contributed by atoms with Crippen molar-refractivity contribution in [3.05, 3.63) is 67.1 Å². The summed E-state index contributed by atoms with van der Waals surface area (Å²) in [4.78, 5) is 29.3. The van der Waals surface area contributed by atoms with Crippen molar-refractivity contribution in [1.82, 2.24) is 24.9 Å². The number of rotatable bonds is 3. The molecule has 5 heterocycles. The number of carbonyl (C=O) groups is 1. The van der Waals surface area contributed by atoms with E-state index in [1.54, 1.807) is 44.0 Å². The van der Waals surface area contributed by atoms with Gasteiger partial charge in [-0.15, -0.1) is 0 Å². The van der Waals surface area contributed by atoms with Gasteiger partial charge in [-0.1, -0.05) is 0 Å². The van der Waals surface area contributed by atoms with Crippen LogP contribution >= 0.6 is 0 Å². The number of halogens is 1. The quantitative estimate of drug-likeness (QED) is 0.433. The van der Waals surface area contributed by atoms with E-state index in [1.807, 2.05) is 18.2 Å². The van der Waals surface area contributed by atoms with E-state index in [0.717, 1.165) is 29.1 Å². The lowest BCUT2D eigenvalue weighted by molar-refractivity contribution is -0.134. The fourth-order valence-corrected chi connectivity index (χ4v) is 3.34. The van der Waals surface area contributed by atoms with Crippen LogP contribution in [0.5, 0.6) is 5.88 Å². The Hall–Kier alpha value is -4.40. The number of carboxylic acids is 1. The maximum Gasteiger partial charge on any atom is 0.300 e. The molecule has 0 aliphatic carbocycles. The predicted molar refractivity (Wildman–Crippen MR) is 118 cm³/mol. The van der Waals surface area contributed by atoms with Crippen molar-refractivity contribution in [3.63, 3.8) is 0 Å². The number of hydrogen-bond donors (Lipinski definition) is 2. The summed E-state index contributed by atoms with van der Waals surface area (Å²) in [6, 6.07) is 9.20. The fourth-order valence-electron chi connectivity index (χ4n) is 3.34. The molecule has 0 aliphatic rings. The van der Waals surface area contributed by atoms with Crippen LogP contribution in [0, 0.1) is 5.82 Å². The number of hydrogen-bond acceptors (Lipinski definition) is 6. The first-order chi connectivity index (χ1) is 15.5. The number of pyridine rings is 4. The molecule has 0 saturated carbocycles. The number of aromatic amines is 1. The van der Waals surface area contributed by atoms with E-state index in [4.69, 9.17) is 14.6 Å². The van der Waals surface area contributed by atoms with Gasteiger partial charge in [-0.25, -0.2) is 14.4 Å². The molecule has 0 aromatic carbocycles. The summed E-state index contributed by atoms with van der Waals surface area (Å²) in [5.74, 6) is -0.781. The Kier molecular flexibility index (Phi) is 5.71. The second kappa shape index (κ2) is 8.76. The zero-order chi connectivity index (χ0) is 22.7. The Bertz CT molecular complexity index is 1400. The van der Waals surface area contributed by atoms with Crippen LogP contribution in [0.2, 0.25) is 0 Å². The molecule has 0 bridgehead atoms. The third-order valence-electron chi connectivity index (χ3n) is 4.65. The van der Waals surface area contributed by atoms with Crippen molar-refractivity contribution in [2.45, 2.75) is 6.92 Å². The Morgan fingerprint density at radius 1 is 1.06 bits per heavy atom. The standard InChI is InChI=1S/C21H14FN5O.C2H4O2/c1-28-18-5-4-13(9-25-18)19-15(22)10-26-21-20(19)14-7-16(24-11-17(14)27-21)12-3-2-6-23-8-12;1-2(3)4/h2-11H,1H3,(H,26,27);1H3,(H,3,4). The van der Waals surface area contributed by atoms with Gasteiger partial charge in [0.1, 0.15) is 11.5 Å². The van der Waals surface area contributed by atoms with Crippen LogP contribution < -0.4 is 4.74 Å². The van der Waals surface area contributed by atoms with Crippen LogP contribution in [0.4, 0.5) is 4.39 Å². The maximum atomic E-state index is 14.9. The molecule has 0 fully saturated rings. The summed E-state index contributed by atoms with van der Waals surface area (Å²) in [6.45, 7) is 1.08. The average Bonchev–Trinajstić information content (AvgIpc) is 3.17. The lowest BCUT2D eigenvalue weighted by Gasteiger charge is -2.07. The van der Waals surface area contributed by atoms with Gasteiger partial charge in [0.15, 0.2) is 0 Å². The molecule has 5 aromatic rings. The van der Waals surface area contributed by atoms with E-state index >= 15 is 0 Å². The summed E-state index contributed by atoms with van der Waals surface area (Å²) < 4.78 is 20.0. The van der Waals surface area contributed by atoms with Gasteiger partial charge < -0.3 is 14.8 Å². The van der Waals surface area contributed by atoms with Crippen molar-refractivity contribution in [2.75, 3.05) is 7.11 Å². The van der Waals surface area contributed by atoms with Gasteiger partial charge in [-0.3, -0.25) is 14.8 Å². The number of H-pyrrole nitrogens is 1. The van der Waals surface area contributed by atoms with Gasteiger partial charge in [-0.05, 0) is 24.3 Å². The van der Waals surface area contributed by atoms with Gasteiger partial charge in [0.2, 0.25) is 5.88 Å². The normalized spacial score (nSPS) is 10.6. The second-order valence-corrected chi connectivity index (χ2v) is 6.79. The van der Waals surface area contributed by atoms with Crippen LogP contribution in [0.15, 0.2) is 61.3 Å². The second-order valence-electron chi connectivity index (χ2n) is 6.79. The smallest absolute Gasteiger partial charge is 0.300 e. The van der Waals surface area contributed by atoms with Crippen LogP contribution in [0.25, 0.3) is 44.3 Å². The summed E-state index contributed by atoms with van der Waals surface area (Å²) in [5.41, 5.74) is 4.09. The van der Waals surface area contributed by atoms with Crippen molar-refractivity contribution in [2.24, 2.45) is 0 Å². The average molecular weight is 431 g/mol. The minimum atomic E-state index is -0.833. The maximum absolute atomic E-state index is 14.9. The number of nitrogens with one attached hydrogen (secondary N) is 1. The first kappa shape index (κ1) is 20.9. The highest BCUT2D eigenvalue weighted by atomic mass is 19.1. The molecule has 32 heavy (non-hydrogen) atoms. The highest BCUT2D eigenvalue weighted by molar-refractivity contribution is 6.13. The van der Waals surface area contributed by atoms with Crippen molar-refractivity contribution >= 4 is 27.9 Å². The first-order valence-electron chi connectivity index (χ1n) is 9.54. The van der Waals surface area contributed by atoms with Gasteiger partial charge in [0.05, 0.1) is 30.7 Å². The molecule has 0 atom stereocenters. The largest absolute Gasteiger partial charge is 0.481 e. The third-order valence-corrected chi connectivity index (χ3v) is 4.65. The van der Waals surface area contributed by atoms with E-state index in [2.05, 4.69) is 24.9 Å². The number of fused-ring (bicyclic) bond motifs is 3. The number of methoxy groups -OCH3 is 1. The van der Waals surface area contributed by atoms with Crippen LogP contribution in [-0.2, 0) is 4.79 Å². The van der Waals surface area contributed by atoms with E-state index in [-0.39, 0.29) is 0 Å². The topological polar surface area (TPSA) is 114 Å². The molecule has 160 valence electrons. The van der Waals surface area contributed by atoms with Crippen molar-refractivity contribution in [3.8, 4) is 28.3 Å². The lowest BCUT2D eigenvalue weighted by Crippen LogP contribution is -1.91. The Labute approximate surface area is 181 Å². The monoisotopic (exact) mass is 431 g/mol. The highest BCUT2D eigenvalue weighted by Crippen LogP contribution is 2.36. The Morgan fingerprint density at radius 3 is 2.53 bits per heavy atom. The lowest BCUT2D eigenvalue weighted by atomic mass is 10.0. The highest BCUT2D eigenvalue weighted by Gasteiger charge is 2.17. The molecule has 8 nitrogen and oxygen atoms in total. The molecular weight excluding hydrogens is 413 g/mol.